The number of piperazine rings is 1. The summed E-state index contributed by atoms with van der Waals surface area (Å²) >= 11 is 0. The van der Waals surface area contributed by atoms with E-state index in [4.69, 9.17) is 4.74 Å². The van der Waals surface area contributed by atoms with E-state index in [1.54, 1.807) is 4.90 Å². The third kappa shape index (κ3) is 4.51. The van der Waals surface area contributed by atoms with Gasteiger partial charge in [0, 0.05) is 44.6 Å². The van der Waals surface area contributed by atoms with Gasteiger partial charge in [-0.25, -0.2) is 4.79 Å². The second-order valence-electron chi connectivity index (χ2n) is 7.04. The molecule has 2 aromatic rings. The molecule has 0 unspecified atom stereocenters. The standard InChI is InChI=1S/C21H27N3O3/c1-16-13-19(17(2)22(16)3)14-20(25)23-9-11-24(12-10-23)21(26)27-15-18-7-5-4-6-8-18/h4-8,13H,9-12,14-15H2,1-3H3. The van der Waals surface area contributed by atoms with Gasteiger partial charge in [0.2, 0.25) is 5.91 Å². The number of carbonyl (C=O) groups excluding carboxylic acids is 2. The molecule has 0 aliphatic carbocycles. The molecule has 1 aromatic heterocycles. The van der Waals surface area contributed by atoms with Crippen LogP contribution in [-0.4, -0.2) is 52.5 Å². The van der Waals surface area contributed by atoms with E-state index in [2.05, 4.69) is 10.6 Å². The van der Waals surface area contributed by atoms with Crippen LogP contribution in [0.2, 0.25) is 0 Å². The number of aromatic nitrogens is 1. The summed E-state index contributed by atoms with van der Waals surface area (Å²) in [6.45, 7) is 6.45. The minimum Gasteiger partial charge on any atom is -0.445 e. The first-order valence-electron chi connectivity index (χ1n) is 9.31. The van der Waals surface area contributed by atoms with E-state index in [1.165, 1.54) is 0 Å². The van der Waals surface area contributed by atoms with Crippen LogP contribution in [0.15, 0.2) is 36.4 Å². The Kier molecular flexibility index (Phi) is 5.84. The first kappa shape index (κ1) is 19.0. The topological polar surface area (TPSA) is 54.8 Å². The predicted octanol–water partition coefficient (Wildman–Crippen LogP) is 2.67. The highest BCUT2D eigenvalue weighted by atomic mass is 16.6. The van der Waals surface area contributed by atoms with Crippen LogP contribution in [0.3, 0.4) is 0 Å². The third-order valence-corrected chi connectivity index (χ3v) is 5.32. The number of aryl methyl sites for hydroxylation is 1. The number of amides is 2. The van der Waals surface area contributed by atoms with Gasteiger partial charge in [0.1, 0.15) is 6.61 Å². The summed E-state index contributed by atoms with van der Waals surface area (Å²) in [4.78, 5) is 28.3. The zero-order chi connectivity index (χ0) is 19.4. The molecule has 6 heteroatoms. The van der Waals surface area contributed by atoms with Crippen molar-refractivity contribution in [2.45, 2.75) is 26.9 Å². The highest BCUT2D eigenvalue weighted by Gasteiger charge is 2.25. The van der Waals surface area contributed by atoms with Crippen LogP contribution < -0.4 is 0 Å². The van der Waals surface area contributed by atoms with Crippen molar-refractivity contribution < 1.29 is 14.3 Å². The summed E-state index contributed by atoms with van der Waals surface area (Å²) < 4.78 is 7.47. The number of carbonyl (C=O) groups is 2. The molecule has 27 heavy (non-hydrogen) atoms. The van der Waals surface area contributed by atoms with Crippen LogP contribution in [-0.2, 0) is 29.6 Å². The van der Waals surface area contributed by atoms with Gasteiger partial charge in [0.05, 0.1) is 6.42 Å². The molecule has 1 fully saturated rings. The van der Waals surface area contributed by atoms with E-state index in [-0.39, 0.29) is 18.6 Å². The smallest absolute Gasteiger partial charge is 0.410 e. The van der Waals surface area contributed by atoms with Crippen LogP contribution in [0.25, 0.3) is 0 Å². The van der Waals surface area contributed by atoms with Gasteiger partial charge in [-0.2, -0.15) is 0 Å². The molecular formula is C21H27N3O3. The highest BCUT2D eigenvalue weighted by Crippen LogP contribution is 2.16. The normalized spacial score (nSPS) is 14.3. The first-order chi connectivity index (χ1) is 13.0. The Hall–Kier alpha value is -2.76. The number of benzene rings is 1. The fraction of sp³-hybridized carbons (Fsp3) is 0.429. The monoisotopic (exact) mass is 369 g/mol. The Morgan fingerprint density at radius 2 is 1.63 bits per heavy atom. The molecule has 2 amide bonds. The van der Waals surface area contributed by atoms with Crippen molar-refractivity contribution in [2.75, 3.05) is 26.2 Å². The molecule has 0 bridgehead atoms. The predicted molar refractivity (Wildman–Crippen MR) is 103 cm³/mol. The average Bonchev–Trinajstić information content (AvgIpc) is 2.93. The van der Waals surface area contributed by atoms with Crippen molar-refractivity contribution in [2.24, 2.45) is 7.05 Å². The van der Waals surface area contributed by atoms with Gasteiger partial charge in [0.15, 0.2) is 0 Å². The van der Waals surface area contributed by atoms with Gasteiger partial charge < -0.3 is 19.1 Å². The Bertz CT molecular complexity index is 806. The Labute approximate surface area is 160 Å². The number of hydrogen-bond acceptors (Lipinski definition) is 3. The number of rotatable bonds is 4. The van der Waals surface area contributed by atoms with Crippen molar-refractivity contribution in [3.63, 3.8) is 0 Å². The van der Waals surface area contributed by atoms with Crippen LogP contribution in [0.4, 0.5) is 4.79 Å². The summed E-state index contributed by atoms with van der Waals surface area (Å²) in [7, 11) is 2.01. The molecule has 1 saturated heterocycles. The van der Waals surface area contributed by atoms with Gasteiger partial charge in [-0.3, -0.25) is 4.79 Å². The second-order valence-corrected chi connectivity index (χ2v) is 7.04. The van der Waals surface area contributed by atoms with Crippen LogP contribution in [0.1, 0.15) is 22.5 Å². The number of nitrogens with zero attached hydrogens (tertiary/aromatic N) is 3. The zero-order valence-electron chi connectivity index (χ0n) is 16.3. The molecule has 1 aromatic carbocycles. The Morgan fingerprint density at radius 3 is 2.22 bits per heavy atom. The highest BCUT2D eigenvalue weighted by molar-refractivity contribution is 5.79. The summed E-state index contributed by atoms with van der Waals surface area (Å²) in [5.41, 5.74) is 4.32. The van der Waals surface area contributed by atoms with Crippen LogP contribution >= 0.6 is 0 Å². The lowest BCUT2D eigenvalue weighted by molar-refractivity contribution is -0.132. The van der Waals surface area contributed by atoms with Crippen molar-refractivity contribution >= 4 is 12.0 Å². The molecule has 0 saturated carbocycles. The van der Waals surface area contributed by atoms with Crippen molar-refractivity contribution in [3.05, 3.63) is 58.9 Å². The molecular weight excluding hydrogens is 342 g/mol. The molecule has 0 atom stereocenters. The van der Waals surface area contributed by atoms with E-state index >= 15 is 0 Å². The van der Waals surface area contributed by atoms with Gasteiger partial charge in [0.25, 0.3) is 0 Å². The van der Waals surface area contributed by atoms with Gasteiger partial charge in [-0.15, -0.1) is 0 Å². The van der Waals surface area contributed by atoms with Crippen LogP contribution in [0.5, 0.6) is 0 Å². The van der Waals surface area contributed by atoms with Crippen molar-refractivity contribution in [1.82, 2.24) is 14.4 Å². The largest absolute Gasteiger partial charge is 0.445 e. The first-order valence-corrected chi connectivity index (χ1v) is 9.31. The maximum atomic E-state index is 12.6. The molecule has 144 valence electrons. The summed E-state index contributed by atoms with van der Waals surface area (Å²) in [6, 6.07) is 11.7. The molecule has 0 N–H and O–H groups in total. The summed E-state index contributed by atoms with van der Waals surface area (Å²) in [5, 5.41) is 0. The lowest BCUT2D eigenvalue weighted by Gasteiger charge is -2.34. The lowest BCUT2D eigenvalue weighted by atomic mass is 10.1. The van der Waals surface area contributed by atoms with E-state index in [1.807, 2.05) is 56.1 Å². The minimum atomic E-state index is -0.319. The maximum Gasteiger partial charge on any atom is 0.410 e. The molecule has 0 radical (unpaired) electrons. The van der Waals surface area contributed by atoms with E-state index in [0.717, 1.165) is 22.5 Å². The third-order valence-electron chi connectivity index (χ3n) is 5.32. The fourth-order valence-electron chi connectivity index (χ4n) is 3.34. The average molecular weight is 369 g/mol. The van der Waals surface area contributed by atoms with E-state index < -0.39 is 0 Å². The summed E-state index contributed by atoms with van der Waals surface area (Å²) in [6.07, 6.45) is 0.0897. The van der Waals surface area contributed by atoms with Gasteiger partial charge in [-0.05, 0) is 31.0 Å². The molecule has 6 nitrogen and oxygen atoms in total. The quantitative estimate of drug-likeness (QED) is 0.833. The van der Waals surface area contributed by atoms with Crippen molar-refractivity contribution in [1.29, 1.82) is 0 Å². The second kappa shape index (κ2) is 8.29. The maximum absolute atomic E-state index is 12.6. The molecule has 3 rings (SSSR count). The van der Waals surface area contributed by atoms with Crippen molar-refractivity contribution in [3.8, 4) is 0 Å². The molecule has 0 spiro atoms. The number of hydrogen-bond donors (Lipinski definition) is 0. The van der Waals surface area contributed by atoms with E-state index in [0.29, 0.717) is 32.6 Å². The summed E-state index contributed by atoms with van der Waals surface area (Å²) in [5.74, 6) is 0.112. The SMILES string of the molecule is Cc1cc(CC(=O)N2CCN(C(=O)OCc3ccccc3)CC2)c(C)n1C. The molecule has 1 aliphatic rings. The fourth-order valence-corrected chi connectivity index (χ4v) is 3.34. The minimum absolute atomic E-state index is 0.112. The Morgan fingerprint density at radius 1 is 1.00 bits per heavy atom. The van der Waals surface area contributed by atoms with Gasteiger partial charge in [-0.1, -0.05) is 30.3 Å². The lowest BCUT2D eigenvalue weighted by Crippen LogP contribution is -2.51. The Balaban J connectivity index is 1.47. The molecule has 1 aliphatic heterocycles. The zero-order valence-corrected chi connectivity index (χ0v) is 16.3. The number of ether oxygens (including phenoxy) is 1. The van der Waals surface area contributed by atoms with Gasteiger partial charge >= 0.3 is 6.09 Å². The van der Waals surface area contributed by atoms with Crippen LogP contribution in [0, 0.1) is 13.8 Å². The molecule has 2 heterocycles. The van der Waals surface area contributed by atoms with E-state index in [9.17, 15) is 9.59 Å².